The second-order valence-electron chi connectivity index (χ2n) is 4.19. The molecule has 0 amide bonds. The molecule has 0 bridgehead atoms. The van der Waals surface area contributed by atoms with Crippen LogP contribution in [0.5, 0.6) is 0 Å². The molecule has 1 aromatic carbocycles. The zero-order valence-electron chi connectivity index (χ0n) is 11.3. The van der Waals surface area contributed by atoms with Gasteiger partial charge < -0.3 is 4.98 Å². The summed E-state index contributed by atoms with van der Waals surface area (Å²) in [6.45, 7) is 0. The van der Waals surface area contributed by atoms with Crippen LogP contribution in [0.2, 0.25) is 0 Å². The summed E-state index contributed by atoms with van der Waals surface area (Å²) in [5, 5.41) is 9.11. The van der Waals surface area contributed by atoms with E-state index in [1.807, 2.05) is 0 Å². The van der Waals surface area contributed by atoms with Gasteiger partial charge in [0.2, 0.25) is 0 Å². The second-order valence-corrected chi connectivity index (χ2v) is 5.84. The summed E-state index contributed by atoms with van der Waals surface area (Å²) in [4.78, 5) is 18.0. The van der Waals surface area contributed by atoms with Gasteiger partial charge in [-0.1, -0.05) is 11.8 Å². The molecule has 0 unspecified atom stereocenters. The van der Waals surface area contributed by atoms with Crippen LogP contribution in [0.25, 0.3) is 11.3 Å². The Kier molecular flexibility index (Phi) is 4.81. The summed E-state index contributed by atoms with van der Waals surface area (Å²) in [7, 11) is 0. The highest BCUT2D eigenvalue weighted by atomic mass is 79.9. The van der Waals surface area contributed by atoms with Gasteiger partial charge in [0.05, 0.1) is 11.1 Å². The molecule has 10 heteroatoms. The molecule has 1 heterocycles. The van der Waals surface area contributed by atoms with E-state index in [2.05, 4.69) is 25.9 Å². The Morgan fingerprint density at radius 1 is 1.39 bits per heavy atom. The average Bonchev–Trinajstić information content (AvgIpc) is 2.45. The summed E-state index contributed by atoms with van der Waals surface area (Å²) in [6.07, 6.45) is -3.36. The third-order valence-corrected chi connectivity index (χ3v) is 4.08. The quantitative estimate of drug-likeness (QED) is 0.464. The van der Waals surface area contributed by atoms with Crippen LogP contribution in [-0.4, -0.2) is 16.2 Å². The van der Waals surface area contributed by atoms with Crippen molar-refractivity contribution < 1.29 is 17.6 Å². The average molecular weight is 408 g/mol. The van der Waals surface area contributed by atoms with Gasteiger partial charge in [-0.3, -0.25) is 4.79 Å². The topological polar surface area (TPSA) is 69.5 Å². The van der Waals surface area contributed by atoms with Crippen LogP contribution in [0.15, 0.2) is 26.6 Å². The molecule has 0 spiro atoms. The molecule has 2 rings (SSSR count). The van der Waals surface area contributed by atoms with Crippen molar-refractivity contribution in [2.75, 3.05) is 6.26 Å². The Bertz CT molecular complexity index is 873. The minimum Gasteiger partial charge on any atom is -0.300 e. The Morgan fingerprint density at radius 2 is 2.04 bits per heavy atom. The van der Waals surface area contributed by atoms with Crippen LogP contribution >= 0.6 is 27.7 Å². The first-order valence-corrected chi connectivity index (χ1v) is 7.86. The molecule has 0 aliphatic heterocycles. The number of alkyl halides is 3. The minimum atomic E-state index is -4.92. The highest BCUT2D eigenvalue weighted by Crippen LogP contribution is 2.39. The molecular weight excluding hydrogens is 402 g/mol. The second kappa shape index (κ2) is 6.33. The van der Waals surface area contributed by atoms with E-state index in [1.165, 1.54) is 0 Å². The molecule has 0 atom stereocenters. The normalized spacial score (nSPS) is 11.3. The summed E-state index contributed by atoms with van der Waals surface area (Å²) in [6, 6.07) is 3.10. The van der Waals surface area contributed by atoms with E-state index in [0.29, 0.717) is 6.07 Å². The lowest BCUT2D eigenvalue weighted by atomic mass is 10.0. The van der Waals surface area contributed by atoms with Crippen LogP contribution in [0.4, 0.5) is 17.6 Å². The zero-order valence-corrected chi connectivity index (χ0v) is 13.7. The van der Waals surface area contributed by atoms with Gasteiger partial charge in [0.15, 0.2) is 5.16 Å². The zero-order chi connectivity index (χ0) is 17.4. The van der Waals surface area contributed by atoms with Crippen LogP contribution in [0.3, 0.4) is 0 Å². The van der Waals surface area contributed by atoms with E-state index in [9.17, 15) is 22.4 Å². The standard InChI is InChI=1S/C13H6BrF4N3OS/c1-23-12-20-10(5(4-19)11(22)21-12)8-7(14)3-2-6(9(8)15)13(16,17)18/h2-3H,1H3,(H,20,21,22). The smallest absolute Gasteiger partial charge is 0.300 e. The van der Waals surface area contributed by atoms with Crippen molar-refractivity contribution in [1.82, 2.24) is 9.97 Å². The fourth-order valence-electron chi connectivity index (χ4n) is 1.82. The third-order valence-electron chi connectivity index (χ3n) is 2.84. The fraction of sp³-hybridized carbons (Fsp3) is 0.154. The summed E-state index contributed by atoms with van der Waals surface area (Å²) >= 11 is 3.94. The number of H-pyrrole nitrogens is 1. The molecule has 0 radical (unpaired) electrons. The molecule has 4 nitrogen and oxygen atoms in total. The van der Waals surface area contributed by atoms with E-state index in [0.717, 1.165) is 17.8 Å². The Hall–Kier alpha value is -1.86. The van der Waals surface area contributed by atoms with Crippen molar-refractivity contribution in [3.8, 4) is 17.3 Å². The number of hydrogen-bond acceptors (Lipinski definition) is 4. The van der Waals surface area contributed by atoms with Crippen molar-refractivity contribution in [3.05, 3.63) is 43.9 Å². The van der Waals surface area contributed by atoms with Gasteiger partial charge in [0, 0.05) is 4.47 Å². The maximum Gasteiger partial charge on any atom is 0.419 e. The van der Waals surface area contributed by atoms with Gasteiger partial charge in [0.1, 0.15) is 23.1 Å². The molecule has 0 saturated heterocycles. The third kappa shape index (κ3) is 3.25. The highest BCUT2D eigenvalue weighted by Gasteiger charge is 2.36. The molecule has 23 heavy (non-hydrogen) atoms. The molecule has 0 aliphatic carbocycles. The van der Waals surface area contributed by atoms with E-state index >= 15 is 0 Å². The molecule has 2 aromatic rings. The molecule has 1 N–H and O–H groups in total. The van der Waals surface area contributed by atoms with E-state index in [1.54, 1.807) is 12.3 Å². The Labute approximate surface area is 139 Å². The summed E-state index contributed by atoms with van der Waals surface area (Å²) in [5.41, 5.74) is -3.96. The van der Waals surface area contributed by atoms with Crippen molar-refractivity contribution in [3.63, 3.8) is 0 Å². The predicted octanol–water partition coefficient (Wildman–Crippen LogP) is 3.95. The highest BCUT2D eigenvalue weighted by molar-refractivity contribution is 9.10. The number of nitriles is 1. The Morgan fingerprint density at radius 3 is 2.57 bits per heavy atom. The lowest BCUT2D eigenvalue weighted by Gasteiger charge is -2.13. The number of hydrogen-bond donors (Lipinski definition) is 1. The van der Waals surface area contributed by atoms with E-state index in [-0.39, 0.29) is 9.63 Å². The molecule has 0 saturated carbocycles. The van der Waals surface area contributed by atoms with Gasteiger partial charge in [-0.15, -0.1) is 0 Å². The van der Waals surface area contributed by atoms with Crippen LogP contribution < -0.4 is 5.56 Å². The maximum atomic E-state index is 14.4. The lowest BCUT2D eigenvalue weighted by Crippen LogP contribution is -2.16. The van der Waals surface area contributed by atoms with Gasteiger partial charge in [-0.2, -0.15) is 18.4 Å². The van der Waals surface area contributed by atoms with Crippen LogP contribution in [0, 0.1) is 17.1 Å². The first-order valence-electron chi connectivity index (χ1n) is 5.84. The number of nitrogens with zero attached hydrogens (tertiary/aromatic N) is 2. The summed E-state index contributed by atoms with van der Waals surface area (Å²) < 4.78 is 52.9. The number of thioether (sulfide) groups is 1. The van der Waals surface area contributed by atoms with Crippen LogP contribution in [0.1, 0.15) is 11.1 Å². The number of aromatic amines is 1. The van der Waals surface area contributed by atoms with Crippen molar-refractivity contribution >= 4 is 27.7 Å². The SMILES string of the molecule is CSc1nc(-c2c(Br)ccc(C(F)(F)F)c2F)c(C#N)c(=O)[nH]1. The summed E-state index contributed by atoms with van der Waals surface area (Å²) in [5.74, 6) is -1.60. The van der Waals surface area contributed by atoms with E-state index < -0.39 is 39.9 Å². The number of nitrogens with one attached hydrogen (secondary N) is 1. The number of rotatable bonds is 2. The van der Waals surface area contributed by atoms with Gasteiger partial charge in [-0.25, -0.2) is 9.37 Å². The molecule has 0 fully saturated rings. The maximum absolute atomic E-state index is 14.4. The van der Waals surface area contributed by atoms with Crippen molar-refractivity contribution in [2.24, 2.45) is 0 Å². The first kappa shape index (κ1) is 17.5. The fourth-order valence-corrected chi connectivity index (χ4v) is 2.69. The van der Waals surface area contributed by atoms with Crippen molar-refractivity contribution in [1.29, 1.82) is 5.26 Å². The first-order chi connectivity index (χ1) is 10.7. The predicted molar refractivity (Wildman–Crippen MR) is 79.4 cm³/mol. The van der Waals surface area contributed by atoms with Crippen LogP contribution in [-0.2, 0) is 6.18 Å². The molecule has 1 aromatic heterocycles. The minimum absolute atomic E-state index is 0.0488. The largest absolute Gasteiger partial charge is 0.419 e. The molecule has 0 aliphatic rings. The lowest BCUT2D eigenvalue weighted by molar-refractivity contribution is -0.139. The number of benzene rings is 1. The number of aromatic nitrogens is 2. The van der Waals surface area contributed by atoms with Gasteiger partial charge in [-0.05, 0) is 34.3 Å². The van der Waals surface area contributed by atoms with Gasteiger partial charge in [0.25, 0.3) is 5.56 Å². The number of halogens is 5. The molecule has 120 valence electrons. The van der Waals surface area contributed by atoms with E-state index in [4.69, 9.17) is 5.26 Å². The Balaban J connectivity index is 2.90. The monoisotopic (exact) mass is 407 g/mol. The van der Waals surface area contributed by atoms with Crippen molar-refractivity contribution in [2.45, 2.75) is 11.3 Å². The molecular formula is C13H6BrF4N3OS. The van der Waals surface area contributed by atoms with Gasteiger partial charge >= 0.3 is 6.18 Å².